The van der Waals surface area contributed by atoms with Crippen molar-refractivity contribution in [3.05, 3.63) is 32.8 Å². The minimum Gasteiger partial charge on any atom is -0.481 e. The number of aliphatic carboxylic acids is 1. The Kier molecular flexibility index (Phi) is 5.76. The molecule has 0 aromatic heterocycles. The Bertz CT molecular complexity index is 519. The van der Waals surface area contributed by atoms with Gasteiger partial charge in [-0.3, -0.25) is 14.9 Å². The number of benzene rings is 1. The molecule has 0 amide bonds. The largest absolute Gasteiger partial charge is 0.481 e. The first-order chi connectivity index (χ1) is 9.35. The van der Waals surface area contributed by atoms with Crippen molar-refractivity contribution in [1.82, 2.24) is 0 Å². The Morgan fingerprint density at radius 1 is 1.55 bits per heavy atom. The number of carboxylic acid groups (broad SMARTS) is 1. The summed E-state index contributed by atoms with van der Waals surface area (Å²) in [5, 5.41) is 22.8. The molecule has 2 N–H and O–H groups in total. The minimum absolute atomic E-state index is 0.0120. The fourth-order valence-corrected chi connectivity index (χ4v) is 2.20. The van der Waals surface area contributed by atoms with E-state index in [4.69, 9.17) is 16.7 Å². The number of nitrogens with zero attached hydrogens (tertiary/aromatic N) is 1. The van der Waals surface area contributed by atoms with Gasteiger partial charge in [0.2, 0.25) is 0 Å². The van der Waals surface area contributed by atoms with Crippen molar-refractivity contribution in [3.63, 3.8) is 0 Å². The minimum atomic E-state index is -0.887. The molecule has 1 unspecified atom stereocenters. The highest BCUT2D eigenvalue weighted by atomic mass is 35.5. The van der Waals surface area contributed by atoms with E-state index in [0.29, 0.717) is 17.7 Å². The molecule has 0 aliphatic heterocycles. The molecule has 20 heavy (non-hydrogen) atoms. The van der Waals surface area contributed by atoms with Gasteiger partial charge in [-0.05, 0) is 25.0 Å². The number of nitro benzene ring substituents is 1. The quantitative estimate of drug-likeness (QED) is 0.592. The fraction of sp³-hybridized carbons (Fsp3) is 0.462. The normalized spacial score (nSPS) is 11.9. The number of aryl methyl sites for hydroxylation is 1. The van der Waals surface area contributed by atoms with Gasteiger partial charge in [-0.1, -0.05) is 24.9 Å². The highest BCUT2D eigenvalue weighted by Gasteiger charge is 2.18. The van der Waals surface area contributed by atoms with Crippen LogP contribution in [0.3, 0.4) is 0 Å². The van der Waals surface area contributed by atoms with E-state index in [1.165, 1.54) is 12.1 Å². The van der Waals surface area contributed by atoms with Crippen LogP contribution in [0, 0.1) is 17.0 Å². The van der Waals surface area contributed by atoms with Crippen LogP contribution in [-0.4, -0.2) is 22.0 Å². The summed E-state index contributed by atoms with van der Waals surface area (Å²) in [6, 6.07) is 2.63. The van der Waals surface area contributed by atoms with Gasteiger partial charge in [0.1, 0.15) is 5.02 Å². The number of carboxylic acids is 1. The summed E-state index contributed by atoms with van der Waals surface area (Å²) in [5.74, 6) is -0.887. The maximum absolute atomic E-state index is 10.8. The van der Waals surface area contributed by atoms with Crippen LogP contribution in [-0.2, 0) is 4.79 Å². The Morgan fingerprint density at radius 2 is 2.20 bits per heavy atom. The SMILES string of the molecule is CCCC(CC(=O)O)Nc1cc(Cl)c([N+](=O)[O-])cc1C. The van der Waals surface area contributed by atoms with Crippen molar-refractivity contribution in [2.24, 2.45) is 0 Å². The lowest BCUT2D eigenvalue weighted by Crippen LogP contribution is -2.23. The van der Waals surface area contributed by atoms with E-state index in [2.05, 4.69) is 5.32 Å². The van der Waals surface area contributed by atoms with Crippen LogP contribution in [0.25, 0.3) is 0 Å². The summed E-state index contributed by atoms with van der Waals surface area (Å²) >= 11 is 5.86. The first kappa shape index (κ1) is 16.2. The highest BCUT2D eigenvalue weighted by Crippen LogP contribution is 2.31. The Labute approximate surface area is 121 Å². The molecule has 110 valence electrons. The zero-order chi connectivity index (χ0) is 15.3. The smallest absolute Gasteiger partial charge is 0.305 e. The molecule has 0 saturated heterocycles. The summed E-state index contributed by atoms with van der Waals surface area (Å²) in [6.07, 6.45) is 1.52. The van der Waals surface area contributed by atoms with E-state index in [1.54, 1.807) is 6.92 Å². The van der Waals surface area contributed by atoms with Gasteiger partial charge in [-0.15, -0.1) is 0 Å². The second-order valence-corrected chi connectivity index (χ2v) is 5.01. The van der Waals surface area contributed by atoms with Crippen molar-refractivity contribution in [2.45, 2.75) is 39.2 Å². The summed E-state index contributed by atoms with van der Waals surface area (Å²) in [4.78, 5) is 21.1. The molecule has 0 aliphatic rings. The van der Waals surface area contributed by atoms with Crippen LogP contribution in [0.4, 0.5) is 11.4 Å². The van der Waals surface area contributed by atoms with Crippen molar-refractivity contribution in [1.29, 1.82) is 0 Å². The van der Waals surface area contributed by atoms with Gasteiger partial charge in [0.25, 0.3) is 5.69 Å². The van der Waals surface area contributed by atoms with E-state index < -0.39 is 10.9 Å². The van der Waals surface area contributed by atoms with Gasteiger partial charge in [0, 0.05) is 17.8 Å². The van der Waals surface area contributed by atoms with Crippen molar-refractivity contribution in [3.8, 4) is 0 Å². The predicted molar refractivity (Wildman–Crippen MR) is 77.4 cm³/mol. The predicted octanol–water partition coefficient (Wildman–Crippen LogP) is 3.61. The topological polar surface area (TPSA) is 92.5 Å². The Hall–Kier alpha value is -1.82. The molecule has 1 aromatic carbocycles. The van der Waals surface area contributed by atoms with E-state index in [0.717, 1.165) is 6.42 Å². The second kappa shape index (κ2) is 7.09. The Balaban J connectivity index is 2.98. The molecule has 0 radical (unpaired) electrons. The summed E-state index contributed by atoms with van der Waals surface area (Å²) in [7, 11) is 0. The van der Waals surface area contributed by atoms with E-state index >= 15 is 0 Å². The Morgan fingerprint density at radius 3 is 2.70 bits per heavy atom. The number of nitro groups is 1. The first-order valence-electron chi connectivity index (χ1n) is 6.28. The van der Waals surface area contributed by atoms with Gasteiger partial charge in [0.15, 0.2) is 0 Å². The number of carbonyl (C=O) groups is 1. The lowest BCUT2D eigenvalue weighted by Gasteiger charge is -2.19. The summed E-state index contributed by atoms with van der Waals surface area (Å²) in [5.41, 5.74) is 1.13. The molecule has 0 spiro atoms. The maximum atomic E-state index is 10.8. The number of nitrogens with one attached hydrogen (secondary N) is 1. The van der Waals surface area contributed by atoms with Crippen LogP contribution in [0.5, 0.6) is 0 Å². The number of hydrogen-bond acceptors (Lipinski definition) is 4. The molecule has 0 fully saturated rings. The van der Waals surface area contributed by atoms with Crippen LogP contribution in [0.1, 0.15) is 31.7 Å². The molecule has 1 rings (SSSR count). The van der Waals surface area contributed by atoms with E-state index in [9.17, 15) is 14.9 Å². The summed E-state index contributed by atoms with van der Waals surface area (Å²) < 4.78 is 0. The van der Waals surface area contributed by atoms with Gasteiger partial charge in [0.05, 0.1) is 11.3 Å². The van der Waals surface area contributed by atoms with Crippen molar-refractivity contribution in [2.75, 3.05) is 5.32 Å². The first-order valence-corrected chi connectivity index (χ1v) is 6.65. The highest BCUT2D eigenvalue weighted by molar-refractivity contribution is 6.33. The monoisotopic (exact) mass is 300 g/mol. The summed E-state index contributed by atoms with van der Waals surface area (Å²) in [6.45, 7) is 3.68. The number of anilines is 1. The van der Waals surface area contributed by atoms with Crippen molar-refractivity contribution < 1.29 is 14.8 Å². The molecular formula is C13H17ClN2O4. The zero-order valence-electron chi connectivity index (χ0n) is 11.4. The van der Waals surface area contributed by atoms with Crippen LogP contribution in [0.2, 0.25) is 5.02 Å². The molecule has 1 aromatic rings. The maximum Gasteiger partial charge on any atom is 0.305 e. The molecular weight excluding hydrogens is 284 g/mol. The van der Waals surface area contributed by atoms with E-state index in [1.807, 2.05) is 6.92 Å². The van der Waals surface area contributed by atoms with Crippen molar-refractivity contribution >= 4 is 28.9 Å². The van der Waals surface area contributed by atoms with Crippen LogP contribution < -0.4 is 5.32 Å². The van der Waals surface area contributed by atoms with Crippen LogP contribution in [0.15, 0.2) is 12.1 Å². The molecule has 0 saturated carbocycles. The lowest BCUT2D eigenvalue weighted by molar-refractivity contribution is -0.384. The fourth-order valence-electron chi connectivity index (χ4n) is 1.97. The number of hydrogen-bond donors (Lipinski definition) is 2. The second-order valence-electron chi connectivity index (χ2n) is 4.60. The van der Waals surface area contributed by atoms with Gasteiger partial charge in [-0.2, -0.15) is 0 Å². The zero-order valence-corrected chi connectivity index (χ0v) is 12.1. The molecule has 6 nitrogen and oxygen atoms in total. The average Bonchev–Trinajstić information content (AvgIpc) is 2.32. The number of rotatable bonds is 7. The molecule has 7 heteroatoms. The average molecular weight is 301 g/mol. The van der Waals surface area contributed by atoms with Gasteiger partial charge < -0.3 is 10.4 Å². The third kappa shape index (κ3) is 4.38. The third-order valence-corrected chi connectivity index (χ3v) is 3.21. The van der Waals surface area contributed by atoms with E-state index in [-0.39, 0.29) is 23.2 Å². The molecule has 1 atom stereocenters. The molecule has 0 bridgehead atoms. The standard InChI is InChI=1S/C13H17ClN2O4/c1-3-4-9(6-13(17)18)15-11-7-10(14)12(16(19)20)5-8(11)2/h5,7,9,15H,3-4,6H2,1-2H3,(H,17,18). The van der Waals surface area contributed by atoms with Gasteiger partial charge in [-0.25, -0.2) is 0 Å². The number of halogens is 1. The molecule has 0 heterocycles. The van der Waals surface area contributed by atoms with Crippen LogP contribution >= 0.6 is 11.6 Å². The third-order valence-electron chi connectivity index (χ3n) is 2.91. The lowest BCUT2D eigenvalue weighted by atomic mass is 10.1. The molecule has 0 aliphatic carbocycles. The van der Waals surface area contributed by atoms with Gasteiger partial charge >= 0.3 is 5.97 Å².